The Balaban J connectivity index is 1.08. The van der Waals surface area contributed by atoms with E-state index in [1.54, 1.807) is 11.1 Å². The molecular weight excluding hydrogens is 605 g/mol. The molecule has 0 bridgehead atoms. The van der Waals surface area contributed by atoms with Crippen LogP contribution in [0.4, 0.5) is 5.69 Å². The summed E-state index contributed by atoms with van der Waals surface area (Å²) in [6.45, 7) is 0. The van der Waals surface area contributed by atoms with Gasteiger partial charge in [-0.05, 0) is 153 Å². The van der Waals surface area contributed by atoms with E-state index in [-0.39, 0.29) is 0 Å². The molecule has 2 aromatic carbocycles. The molecule has 0 N–H and O–H groups in total. The van der Waals surface area contributed by atoms with Gasteiger partial charge in [0.2, 0.25) is 0 Å². The van der Waals surface area contributed by atoms with Crippen molar-refractivity contribution in [1.82, 2.24) is 4.57 Å². The number of aromatic nitrogens is 1. The quantitative estimate of drug-likeness (QED) is 0.249. The molecule has 10 rings (SSSR count). The molecule has 6 aliphatic carbocycles. The van der Waals surface area contributed by atoms with E-state index >= 15 is 0 Å². The number of hydrogen-bond donors (Lipinski definition) is 0. The molecule has 0 amide bonds. The van der Waals surface area contributed by atoms with E-state index in [2.05, 4.69) is 125 Å². The number of anilines is 1. The molecule has 0 spiro atoms. The van der Waals surface area contributed by atoms with Crippen molar-refractivity contribution in [3.05, 3.63) is 137 Å². The van der Waals surface area contributed by atoms with E-state index in [0.29, 0.717) is 29.8 Å². The van der Waals surface area contributed by atoms with E-state index in [1.807, 2.05) is 0 Å². The fourth-order valence-corrected chi connectivity index (χ4v) is 10.6. The molecule has 252 valence electrons. The van der Waals surface area contributed by atoms with Crippen LogP contribution in [0.1, 0.15) is 99.8 Å². The van der Waals surface area contributed by atoms with Gasteiger partial charge in [0.15, 0.2) is 0 Å². The van der Waals surface area contributed by atoms with E-state index in [9.17, 15) is 0 Å². The highest BCUT2D eigenvalue weighted by Gasteiger charge is 2.41. The summed E-state index contributed by atoms with van der Waals surface area (Å²) in [4.78, 5) is 2.84. The fraction of sp³-hybridized carbons (Fsp3) is 0.375. The first-order valence-electron chi connectivity index (χ1n) is 19.8. The first-order chi connectivity index (χ1) is 24.8. The molecule has 50 heavy (non-hydrogen) atoms. The highest BCUT2D eigenvalue weighted by atomic mass is 15.2. The van der Waals surface area contributed by atoms with Gasteiger partial charge in [-0.25, -0.2) is 0 Å². The maximum atomic E-state index is 2.84. The lowest BCUT2D eigenvalue weighted by atomic mass is 9.80. The van der Waals surface area contributed by atoms with Crippen molar-refractivity contribution in [3.8, 4) is 11.1 Å². The molecule has 0 radical (unpaired) electrons. The van der Waals surface area contributed by atoms with Crippen LogP contribution in [0.15, 0.2) is 120 Å². The molecule has 5 atom stereocenters. The molecule has 0 saturated heterocycles. The zero-order valence-electron chi connectivity index (χ0n) is 29.4. The number of hydrogen-bond acceptors (Lipinski definition) is 1. The number of rotatable bonds is 5. The largest absolute Gasteiger partial charge is 0.364 e. The van der Waals surface area contributed by atoms with Gasteiger partial charge in [-0.3, -0.25) is 0 Å². The zero-order chi connectivity index (χ0) is 33.0. The van der Waals surface area contributed by atoms with Crippen LogP contribution in [-0.2, 0) is 6.42 Å². The van der Waals surface area contributed by atoms with Crippen LogP contribution in [0.2, 0.25) is 0 Å². The minimum absolute atomic E-state index is 0.506. The molecule has 3 aromatic rings. The molecule has 5 unspecified atom stereocenters. The zero-order valence-corrected chi connectivity index (χ0v) is 29.4. The molecule has 0 saturated carbocycles. The molecule has 2 heteroatoms. The second-order valence-corrected chi connectivity index (χ2v) is 15.9. The number of fused-ring (bicyclic) bond motifs is 6. The Hall–Kier alpha value is -4.30. The van der Waals surface area contributed by atoms with Gasteiger partial charge in [0.1, 0.15) is 0 Å². The summed E-state index contributed by atoms with van der Waals surface area (Å²) in [5.41, 5.74) is 14.8. The monoisotopic (exact) mass is 654 g/mol. The maximum Gasteiger partial charge on any atom is 0.0534 e. The van der Waals surface area contributed by atoms with Crippen molar-refractivity contribution in [1.29, 1.82) is 0 Å². The third-order valence-electron chi connectivity index (χ3n) is 13.1. The minimum atomic E-state index is 0.506. The van der Waals surface area contributed by atoms with Gasteiger partial charge in [0.05, 0.1) is 5.52 Å². The molecule has 1 aromatic heterocycles. The van der Waals surface area contributed by atoms with Crippen LogP contribution in [0.5, 0.6) is 0 Å². The molecular formula is C48H50N2. The summed E-state index contributed by atoms with van der Waals surface area (Å²) >= 11 is 0. The predicted octanol–water partition coefficient (Wildman–Crippen LogP) is 12.4. The average Bonchev–Trinajstić information content (AvgIpc) is 3.71. The summed E-state index contributed by atoms with van der Waals surface area (Å²) < 4.78 is 2.71. The van der Waals surface area contributed by atoms with Crippen molar-refractivity contribution in [2.75, 3.05) is 4.90 Å². The Bertz CT molecular complexity index is 2080. The third-order valence-corrected chi connectivity index (χ3v) is 13.1. The Labute approximate surface area is 298 Å². The molecule has 7 aliphatic rings. The van der Waals surface area contributed by atoms with Gasteiger partial charge in [0, 0.05) is 46.0 Å². The summed E-state index contributed by atoms with van der Waals surface area (Å²) in [5, 5.41) is 1.43. The molecule has 2 heterocycles. The lowest BCUT2D eigenvalue weighted by molar-refractivity contribution is 0.421. The second kappa shape index (κ2) is 12.8. The van der Waals surface area contributed by atoms with Gasteiger partial charge >= 0.3 is 0 Å². The van der Waals surface area contributed by atoms with Crippen molar-refractivity contribution in [2.24, 2.45) is 11.8 Å². The third kappa shape index (κ3) is 5.21. The summed E-state index contributed by atoms with van der Waals surface area (Å²) in [6.07, 6.45) is 46.9. The number of benzene rings is 2. The highest BCUT2D eigenvalue weighted by Crippen LogP contribution is 2.50. The van der Waals surface area contributed by atoms with Crippen LogP contribution in [-0.4, -0.2) is 16.7 Å². The van der Waals surface area contributed by atoms with Crippen LogP contribution < -0.4 is 4.90 Å². The van der Waals surface area contributed by atoms with Crippen LogP contribution >= 0.6 is 0 Å². The smallest absolute Gasteiger partial charge is 0.0534 e. The predicted molar refractivity (Wildman–Crippen MR) is 212 cm³/mol. The Morgan fingerprint density at radius 2 is 1.60 bits per heavy atom. The van der Waals surface area contributed by atoms with Crippen molar-refractivity contribution < 1.29 is 0 Å². The SMILES string of the molecule is C1=CCCC(C2=Cc3c(n(C4=CC(C5C=CC=CC5)CCC4)c4ccc(-c5ccc6c(c5)C5C=CCCC5N6C5CC=CCC5)cc34)CC2)=C1. The van der Waals surface area contributed by atoms with Crippen molar-refractivity contribution in [2.45, 2.75) is 101 Å². The number of allylic oxidation sites excluding steroid dienone is 13. The first kappa shape index (κ1) is 30.5. The van der Waals surface area contributed by atoms with Gasteiger partial charge in [-0.1, -0.05) is 85.0 Å². The minimum Gasteiger partial charge on any atom is -0.364 e. The lowest BCUT2D eigenvalue weighted by Gasteiger charge is -2.38. The molecule has 0 fully saturated rings. The standard InChI is InChI=1S/C48H50N2/c1-4-13-33(14-5-1)35-17-12-20-40(29-35)50-47-26-23-36(34-15-6-2-7-16-34)30-43(47)44-32-38(25-28-48(44)50)37-24-27-46-42(31-37)41-21-10-11-22-45(41)49(46)39-18-8-3-9-19-39/h1-6,8,10,13,15,21,24-25,27-33,35,39,41,45H,7,9,11-12,14,16-20,22-23,26H2. The van der Waals surface area contributed by atoms with Crippen molar-refractivity contribution >= 4 is 28.4 Å². The van der Waals surface area contributed by atoms with Crippen LogP contribution in [0, 0.1) is 11.8 Å². The van der Waals surface area contributed by atoms with Crippen LogP contribution in [0.25, 0.3) is 33.8 Å². The maximum absolute atomic E-state index is 2.84. The van der Waals surface area contributed by atoms with Gasteiger partial charge in [-0.2, -0.15) is 0 Å². The Morgan fingerprint density at radius 3 is 2.48 bits per heavy atom. The topological polar surface area (TPSA) is 8.17 Å². The highest BCUT2D eigenvalue weighted by molar-refractivity contribution is 5.98. The van der Waals surface area contributed by atoms with E-state index < -0.39 is 0 Å². The molecule has 2 nitrogen and oxygen atoms in total. The fourth-order valence-electron chi connectivity index (χ4n) is 10.6. The summed E-state index contributed by atoms with van der Waals surface area (Å²) in [7, 11) is 0. The lowest BCUT2D eigenvalue weighted by Crippen LogP contribution is -2.43. The van der Waals surface area contributed by atoms with E-state index in [0.717, 1.165) is 25.7 Å². The summed E-state index contributed by atoms with van der Waals surface area (Å²) in [5.74, 6) is 1.75. The van der Waals surface area contributed by atoms with E-state index in [4.69, 9.17) is 0 Å². The first-order valence-corrected chi connectivity index (χ1v) is 19.8. The van der Waals surface area contributed by atoms with E-state index in [1.165, 1.54) is 108 Å². The summed E-state index contributed by atoms with van der Waals surface area (Å²) in [6, 6.07) is 16.1. The van der Waals surface area contributed by atoms with Gasteiger partial charge < -0.3 is 9.47 Å². The normalized spacial score (nSPS) is 28.3. The van der Waals surface area contributed by atoms with Gasteiger partial charge in [0.25, 0.3) is 0 Å². The van der Waals surface area contributed by atoms with Crippen molar-refractivity contribution in [3.63, 3.8) is 0 Å². The Morgan fingerprint density at radius 1 is 0.660 bits per heavy atom. The second-order valence-electron chi connectivity index (χ2n) is 15.9. The van der Waals surface area contributed by atoms with Gasteiger partial charge in [-0.15, -0.1) is 0 Å². The Kier molecular flexibility index (Phi) is 7.81. The number of nitrogens with zero attached hydrogens (tertiary/aromatic N) is 2. The van der Waals surface area contributed by atoms with Crippen LogP contribution in [0.3, 0.4) is 0 Å². The average molecular weight is 655 g/mol. The molecule has 1 aliphatic heterocycles.